The highest BCUT2D eigenvalue weighted by Crippen LogP contribution is 2.36. The Labute approximate surface area is 324 Å². The van der Waals surface area contributed by atoms with Crippen LogP contribution in [0.25, 0.3) is 20.8 Å². The number of nitrogens with one attached hydrogen (secondary N) is 1. The van der Waals surface area contributed by atoms with Crippen LogP contribution in [0.2, 0.25) is 0 Å². The van der Waals surface area contributed by atoms with Crippen LogP contribution >= 0.6 is 11.3 Å². The van der Waals surface area contributed by atoms with E-state index in [2.05, 4.69) is 51.5 Å². The second kappa shape index (κ2) is 16.1. The highest BCUT2D eigenvalue weighted by atomic mass is 32.1. The Hall–Kier alpha value is -4.85. The second-order valence-corrected chi connectivity index (χ2v) is 16.2. The first-order valence-electron chi connectivity index (χ1n) is 19.4. The molecule has 12 nitrogen and oxygen atoms in total. The minimum absolute atomic E-state index is 0.0895. The zero-order valence-corrected chi connectivity index (χ0v) is 32.1. The van der Waals surface area contributed by atoms with E-state index in [1.54, 1.807) is 29.5 Å². The van der Waals surface area contributed by atoms with Crippen LogP contribution in [0.5, 0.6) is 11.5 Å². The number of nitrogens with zero attached hydrogens (tertiary/aromatic N) is 4. The third kappa shape index (κ3) is 8.24. The Kier molecular flexibility index (Phi) is 10.9. The van der Waals surface area contributed by atoms with E-state index in [9.17, 15) is 19.2 Å². The quantitative estimate of drug-likeness (QED) is 0.119. The first-order valence-corrected chi connectivity index (χ1v) is 20.2. The summed E-state index contributed by atoms with van der Waals surface area (Å²) in [7, 11) is 4.09. The molecule has 55 heavy (non-hydrogen) atoms. The van der Waals surface area contributed by atoms with Gasteiger partial charge in [0, 0.05) is 57.7 Å². The highest BCUT2D eigenvalue weighted by molar-refractivity contribution is 7.21. The number of hydrogen-bond acceptors (Lipinski definition) is 11. The second-order valence-electron chi connectivity index (χ2n) is 15.2. The van der Waals surface area contributed by atoms with Gasteiger partial charge in [0.15, 0.2) is 0 Å². The van der Waals surface area contributed by atoms with Gasteiger partial charge in [-0.15, -0.1) is 11.3 Å². The van der Waals surface area contributed by atoms with Crippen LogP contribution in [0.15, 0.2) is 60.7 Å². The van der Waals surface area contributed by atoms with Crippen molar-refractivity contribution in [1.29, 1.82) is 0 Å². The number of unbranched alkanes of at least 4 members (excludes halogenated alkanes) is 2. The van der Waals surface area contributed by atoms with E-state index in [0.717, 1.165) is 96.0 Å². The lowest BCUT2D eigenvalue weighted by Crippen LogP contribution is -2.54. The molecule has 4 aliphatic rings. The number of fused-ring (bicyclic) bond motifs is 2. The molecular formula is C42H47N5O7S. The highest BCUT2D eigenvalue weighted by Gasteiger charge is 2.44. The van der Waals surface area contributed by atoms with Crippen molar-refractivity contribution >= 4 is 50.9 Å². The number of thiazole rings is 1. The predicted molar refractivity (Wildman–Crippen MR) is 210 cm³/mol. The van der Waals surface area contributed by atoms with Crippen LogP contribution < -0.4 is 19.7 Å². The average Bonchev–Trinajstić information content (AvgIpc) is 3.70. The molecule has 3 aliphatic heterocycles. The summed E-state index contributed by atoms with van der Waals surface area (Å²) in [5, 5.41) is 3.23. The number of hydrogen-bond donors (Lipinski definition) is 1. The lowest BCUT2D eigenvalue weighted by Gasteiger charge is -2.40. The van der Waals surface area contributed by atoms with E-state index < -0.39 is 29.7 Å². The van der Waals surface area contributed by atoms with E-state index in [-0.39, 0.29) is 36.2 Å². The van der Waals surface area contributed by atoms with Crippen molar-refractivity contribution in [3.8, 4) is 22.1 Å². The van der Waals surface area contributed by atoms with Crippen LogP contribution in [0.3, 0.4) is 0 Å². The number of aromatic nitrogens is 1. The number of carbonyl (C=O) groups excluding carboxylic acids is 4. The number of carbonyl (C=O) groups is 4. The van der Waals surface area contributed by atoms with Gasteiger partial charge < -0.3 is 24.0 Å². The minimum atomic E-state index is -0.978. The molecule has 0 spiro atoms. The first-order chi connectivity index (χ1) is 26.7. The molecule has 2 saturated heterocycles. The van der Waals surface area contributed by atoms with E-state index in [4.69, 9.17) is 19.2 Å². The predicted octanol–water partition coefficient (Wildman–Crippen LogP) is 6.07. The summed E-state index contributed by atoms with van der Waals surface area (Å²) >= 11 is 1.70. The van der Waals surface area contributed by atoms with Crippen molar-refractivity contribution in [2.75, 3.05) is 45.2 Å². The molecular weight excluding hydrogens is 719 g/mol. The molecule has 3 aromatic carbocycles. The maximum Gasteiger partial charge on any atom is 0.262 e. The van der Waals surface area contributed by atoms with Crippen molar-refractivity contribution in [1.82, 2.24) is 20.1 Å². The summed E-state index contributed by atoms with van der Waals surface area (Å²) in [5.74, 6) is -0.644. The van der Waals surface area contributed by atoms with Crippen LogP contribution in [-0.4, -0.2) is 103 Å². The van der Waals surface area contributed by atoms with Crippen molar-refractivity contribution in [3.63, 3.8) is 0 Å². The monoisotopic (exact) mass is 765 g/mol. The summed E-state index contributed by atoms with van der Waals surface area (Å²) in [6.07, 6.45) is 7.89. The lowest BCUT2D eigenvalue weighted by atomic mass is 9.91. The fourth-order valence-corrected chi connectivity index (χ4v) is 8.81. The summed E-state index contributed by atoms with van der Waals surface area (Å²) in [4.78, 5) is 60.2. The lowest BCUT2D eigenvalue weighted by molar-refractivity contribution is -0.136. The van der Waals surface area contributed by atoms with E-state index in [1.807, 2.05) is 20.2 Å². The number of rotatable bonds is 14. The number of imide groups is 2. The number of piperidine rings is 2. The van der Waals surface area contributed by atoms with Crippen LogP contribution in [0.1, 0.15) is 78.5 Å². The number of amides is 4. The Balaban J connectivity index is 0.697. The van der Waals surface area contributed by atoms with Crippen LogP contribution in [-0.2, 0) is 14.3 Å². The molecule has 288 valence electrons. The Morgan fingerprint density at radius 3 is 2.35 bits per heavy atom. The normalized spacial score (nSPS) is 21.8. The molecule has 4 heterocycles. The molecule has 1 aliphatic carbocycles. The molecule has 13 heteroatoms. The molecule has 0 radical (unpaired) electrons. The van der Waals surface area contributed by atoms with Crippen LogP contribution in [0.4, 0.5) is 5.69 Å². The fourth-order valence-electron chi connectivity index (χ4n) is 7.81. The average molecular weight is 766 g/mol. The van der Waals surface area contributed by atoms with Crippen molar-refractivity contribution in [3.05, 3.63) is 71.8 Å². The molecule has 1 N–H and O–H groups in total. The summed E-state index contributed by atoms with van der Waals surface area (Å²) in [6.45, 7) is 3.64. The van der Waals surface area contributed by atoms with Gasteiger partial charge in [0.25, 0.3) is 11.8 Å². The number of benzene rings is 3. The van der Waals surface area contributed by atoms with Crippen molar-refractivity contribution in [2.45, 2.75) is 82.1 Å². The van der Waals surface area contributed by atoms with Gasteiger partial charge >= 0.3 is 0 Å². The smallest absolute Gasteiger partial charge is 0.262 e. The number of anilines is 1. The van der Waals surface area contributed by atoms with E-state index >= 15 is 0 Å². The molecule has 0 bridgehead atoms. The van der Waals surface area contributed by atoms with Gasteiger partial charge in [-0.2, -0.15) is 0 Å². The number of likely N-dealkylation sites (tertiary alicyclic amines) is 1. The zero-order chi connectivity index (χ0) is 38.1. The topological polar surface area (TPSA) is 131 Å². The molecule has 4 aromatic rings. The molecule has 8 rings (SSSR count). The minimum Gasteiger partial charge on any atom is -0.494 e. The Morgan fingerprint density at radius 2 is 1.58 bits per heavy atom. The van der Waals surface area contributed by atoms with Crippen molar-refractivity contribution < 1.29 is 33.4 Å². The van der Waals surface area contributed by atoms with Gasteiger partial charge in [-0.25, -0.2) is 4.98 Å². The molecule has 3 fully saturated rings. The molecule has 4 amide bonds. The fraction of sp³-hybridized carbons (Fsp3) is 0.452. The zero-order valence-electron chi connectivity index (χ0n) is 31.3. The van der Waals surface area contributed by atoms with Gasteiger partial charge in [-0.3, -0.25) is 29.4 Å². The SMILES string of the molecule is CN(C)c1ccc(-c2nc3ccc(OC4CC(OC5CCN(CCCCCOc6ccc7c(c6)C(=O)N(C6CCC(=O)NC6=O)C7=O)CC5)C4)cc3s2)cc1. The Morgan fingerprint density at radius 1 is 0.818 bits per heavy atom. The van der Waals surface area contributed by atoms with Gasteiger partial charge in [-0.1, -0.05) is 0 Å². The van der Waals surface area contributed by atoms with Gasteiger partial charge in [0.1, 0.15) is 28.7 Å². The molecule has 1 aromatic heterocycles. The maximum atomic E-state index is 13.1. The maximum absolute atomic E-state index is 13.1. The third-order valence-corrected chi connectivity index (χ3v) is 12.1. The molecule has 1 atom stereocenters. The summed E-state index contributed by atoms with van der Waals surface area (Å²) < 4.78 is 19.9. The Bertz CT molecular complexity index is 2070. The standard InChI is InChI=1S/C42H47N5O7S/c1-45(2)27-8-6-26(7-9-27)40-43-35-13-11-30(25-37(35)55-40)54-32-22-31(23-32)53-28-16-19-46(20-17-28)18-4-3-5-21-52-29-10-12-33-34(24-29)42(51)47(41(33)50)36-14-15-38(48)44-39(36)49/h6-13,24-25,28,31-32,36H,3-5,14-23H2,1-2H3,(H,44,48,49). The summed E-state index contributed by atoms with van der Waals surface area (Å²) in [5.41, 5.74) is 3.77. The van der Waals surface area contributed by atoms with Crippen molar-refractivity contribution in [2.24, 2.45) is 0 Å². The molecule has 1 saturated carbocycles. The van der Waals surface area contributed by atoms with E-state index in [1.165, 1.54) is 5.69 Å². The van der Waals surface area contributed by atoms with Gasteiger partial charge in [-0.05, 0) is 106 Å². The first kappa shape index (κ1) is 37.1. The van der Waals surface area contributed by atoms with Gasteiger partial charge in [0.05, 0.1) is 40.2 Å². The van der Waals surface area contributed by atoms with E-state index in [0.29, 0.717) is 18.5 Å². The molecule has 1 unspecified atom stereocenters. The summed E-state index contributed by atoms with van der Waals surface area (Å²) in [6, 6.07) is 18.6. The number of ether oxygens (including phenoxy) is 3. The largest absolute Gasteiger partial charge is 0.494 e. The van der Waals surface area contributed by atoms with Crippen LogP contribution in [0, 0.1) is 0 Å². The van der Waals surface area contributed by atoms with Gasteiger partial charge in [0.2, 0.25) is 11.8 Å². The third-order valence-electron chi connectivity index (χ3n) is 11.1.